The highest BCUT2D eigenvalue weighted by molar-refractivity contribution is 7.11. The van der Waals surface area contributed by atoms with Crippen LogP contribution >= 0.6 is 11.3 Å². The van der Waals surface area contributed by atoms with Gasteiger partial charge in [-0.25, -0.2) is 9.78 Å². The molecule has 1 N–H and O–H groups in total. The molecule has 0 saturated carbocycles. The summed E-state index contributed by atoms with van der Waals surface area (Å²) < 4.78 is 2.68. The maximum absolute atomic E-state index is 12.6. The first kappa shape index (κ1) is 17.6. The van der Waals surface area contributed by atoms with E-state index >= 15 is 0 Å². The minimum atomic E-state index is -0.288. The van der Waals surface area contributed by atoms with Gasteiger partial charge in [-0.3, -0.25) is 14.3 Å². The van der Waals surface area contributed by atoms with Gasteiger partial charge in [0.25, 0.3) is 5.56 Å². The van der Waals surface area contributed by atoms with Crippen LogP contribution < -0.4 is 16.6 Å². The van der Waals surface area contributed by atoms with Gasteiger partial charge in [-0.2, -0.15) is 0 Å². The molecule has 8 heteroatoms. The second-order valence-electron chi connectivity index (χ2n) is 7.29. The molecule has 0 amide bonds. The summed E-state index contributed by atoms with van der Waals surface area (Å²) in [7, 11) is 3.24. The lowest BCUT2D eigenvalue weighted by Crippen LogP contribution is -2.42. The molecule has 2 aromatic rings. The second-order valence-corrected chi connectivity index (χ2v) is 8.46. The molecule has 2 aliphatic rings. The normalized spacial score (nSPS) is 19.4. The lowest BCUT2D eigenvalue weighted by atomic mass is 10.2. The van der Waals surface area contributed by atoms with E-state index in [-0.39, 0.29) is 11.2 Å². The molecule has 7 nitrogen and oxygen atoms in total. The Kier molecular flexibility index (Phi) is 4.81. The maximum Gasteiger partial charge on any atom is 0.330 e. The van der Waals surface area contributed by atoms with Crippen LogP contribution in [0.25, 0.3) is 0 Å². The van der Waals surface area contributed by atoms with Crippen molar-refractivity contribution < 1.29 is 0 Å². The van der Waals surface area contributed by atoms with Crippen LogP contribution in [0.1, 0.15) is 34.0 Å². The molecule has 1 saturated heterocycles. The summed E-state index contributed by atoms with van der Waals surface area (Å²) in [6.07, 6.45) is 6.22. The predicted octanol–water partition coefficient (Wildman–Crippen LogP) is 0.393. The average Bonchev–Trinajstić information content (AvgIpc) is 3.34. The van der Waals surface area contributed by atoms with Gasteiger partial charge >= 0.3 is 5.69 Å². The largest absolute Gasteiger partial charge is 0.330 e. The molecule has 0 radical (unpaired) electrons. The fraction of sp³-hybridized carbons (Fsp3) is 0.611. The third kappa shape index (κ3) is 3.28. The molecule has 4 rings (SSSR count). The smallest absolute Gasteiger partial charge is 0.315 e. The minimum absolute atomic E-state index is 0.203. The van der Waals surface area contributed by atoms with Crippen LogP contribution in [0, 0.1) is 0 Å². The van der Waals surface area contributed by atoms with Gasteiger partial charge in [0.2, 0.25) is 0 Å². The topological polar surface area (TPSA) is 72.2 Å². The number of thiazole rings is 1. The Balaban J connectivity index is 1.61. The van der Waals surface area contributed by atoms with E-state index in [4.69, 9.17) is 4.98 Å². The molecule has 3 heterocycles. The van der Waals surface area contributed by atoms with Crippen molar-refractivity contribution in [2.75, 3.05) is 13.1 Å². The van der Waals surface area contributed by atoms with Crippen LogP contribution in [0.5, 0.6) is 0 Å². The van der Waals surface area contributed by atoms with Crippen molar-refractivity contribution in [3.8, 4) is 0 Å². The number of rotatable bonds is 5. The monoisotopic (exact) mass is 375 g/mol. The van der Waals surface area contributed by atoms with Gasteiger partial charge in [-0.15, -0.1) is 11.3 Å². The summed E-state index contributed by atoms with van der Waals surface area (Å²) in [6, 6.07) is 0.385. The molecule has 0 spiro atoms. The zero-order valence-corrected chi connectivity index (χ0v) is 16.1. The zero-order chi connectivity index (χ0) is 18.3. The Hall–Kier alpha value is -1.77. The Morgan fingerprint density at radius 1 is 1.31 bits per heavy atom. The van der Waals surface area contributed by atoms with Gasteiger partial charge in [-0.1, -0.05) is 0 Å². The van der Waals surface area contributed by atoms with Gasteiger partial charge in [0, 0.05) is 49.9 Å². The van der Waals surface area contributed by atoms with Gasteiger partial charge in [0.1, 0.15) is 5.01 Å². The molecule has 1 aliphatic heterocycles. The number of nitrogens with zero attached hydrogens (tertiary/aromatic N) is 4. The summed E-state index contributed by atoms with van der Waals surface area (Å²) in [6.45, 7) is 3.23. The highest BCUT2D eigenvalue weighted by Gasteiger charge is 2.26. The second kappa shape index (κ2) is 7.09. The molecular weight excluding hydrogens is 350 g/mol. The van der Waals surface area contributed by atoms with Crippen LogP contribution in [0.2, 0.25) is 0 Å². The first-order valence-corrected chi connectivity index (χ1v) is 10.0. The van der Waals surface area contributed by atoms with E-state index in [0.717, 1.165) is 43.9 Å². The molecule has 0 bridgehead atoms. The summed E-state index contributed by atoms with van der Waals surface area (Å²) in [5, 5.41) is 4.55. The SMILES string of the molecule is Cn1cc(CN(Cc2nc3c(s2)CCC3)C2CCNC2)c(=O)n(C)c1=O. The van der Waals surface area contributed by atoms with Crippen molar-refractivity contribution in [3.63, 3.8) is 0 Å². The first-order valence-electron chi connectivity index (χ1n) is 9.20. The lowest BCUT2D eigenvalue weighted by molar-refractivity contribution is 0.188. The molecule has 1 unspecified atom stereocenters. The molecule has 140 valence electrons. The number of aromatic nitrogens is 3. The number of hydrogen-bond donors (Lipinski definition) is 1. The Morgan fingerprint density at radius 3 is 2.88 bits per heavy atom. The highest BCUT2D eigenvalue weighted by atomic mass is 32.1. The van der Waals surface area contributed by atoms with E-state index in [1.807, 2.05) is 11.3 Å². The highest BCUT2D eigenvalue weighted by Crippen LogP contribution is 2.29. The number of aryl methyl sites for hydroxylation is 3. The summed E-state index contributed by atoms with van der Waals surface area (Å²) in [5.74, 6) is 0. The fourth-order valence-electron chi connectivity index (χ4n) is 3.96. The standard InChI is InChI=1S/C18H25N5O2S/c1-21-9-12(17(24)22(2)18(21)25)10-23(13-6-7-19-8-13)11-16-20-14-4-3-5-15(14)26-16/h9,13,19H,3-8,10-11H2,1-2H3. The third-order valence-corrected chi connectivity index (χ3v) is 6.56. The van der Waals surface area contributed by atoms with Crippen molar-refractivity contribution in [1.82, 2.24) is 24.3 Å². The van der Waals surface area contributed by atoms with Crippen LogP contribution in [0.15, 0.2) is 15.8 Å². The van der Waals surface area contributed by atoms with Crippen molar-refractivity contribution in [2.45, 2.75) is 44.8 Å². The molecule has 2 aromatic heterocycles. The molecule has 1 fully saturated rings. The van der Waals surface area contributed by atoms with Crippen LogP contribution in [-0.4, -0.2) is 38.1 Å². The molecule has 26 heavy (non-hydrogen) atoms. The first-order chi connectivity index (χ1) is 12.5. The predicted molar refractivity (Wildman–Crippen MR) is 102 cm³/mol. The summed E-state index contributed by atoms with van der Waals surface area (Å²) in [4.78, 5) is 33.1. The number of hydrogen-bond acceptors (Lipinski definition) is 6. The van der Waals surface area contributed by atoms with Crippen LogP contribution in [-0.2, 0) is 40.0 Å². The van der Waals surface area contributed by atoms with E-state index in [2.05, 4.69) is 10.2 Å². The van der Waals surface area contributed by atoms with E-state index in [9.17, 15) is 9.59 Å². The number of nitrogens with one attached hydrogen (secondary N) is 1. The van der Waals surface area contributed by atoms with Crippen molar-refractivity contribution in [3.05, 3.63) is 48.2 Å². The Labute approximate surface area is 156 Å². The Morgan fingerprint density at radius 2 is 2.15 bits per heavy atom. The Bertz CT molecular complexity index is 901. The van der Waals surface area contributed by atoms with Crippen molar-refractivity contribution in [2.24, 2.45) is 14.1 Å². The van der Waals surface area contributed by atoms with Crippen molar-refractivity contribution >= 4 is 11.3 Å². The van der Waals surface area contributed by atoms with E-state index < -0.39 is 0 Å². The minimum Gasteiger partial charge on any atom is -0.315 e. The van der Waals surface area contributed by atoms with E-state index in [1.165, 1.54) is 26.1 Å². The van der Waals surface area contributed by atoms with E-state index in [0.29, 0.717) is 18.2 Å². The van der Waals surface area contributed by atoms with Gasteiger partial charge < -0.3 is 9.88 Å². The molecular formula is C18H25N5O2S. The van der Waals surface area contributed by atoms with E-state index in [1.54, 1.807) is 20.3 Å². The molecule has 0 aromatic carbocycles. The summed E-state index contributed by atoms with van der Waals surface area (Å²) >= 11 is 1.82. The van der Waals surface area contributed by atoms with Gasteiger partial charge in [-0.05, 0) is 32.2 Å². The van der Waals surface area contributed by atoms with Crippen molar-refractivity contribution in [1.29, 1.82) is 0 Å². The maximum atomic E-state index is 12.6. The van der Waals surface area contributed by atoms with Gasteiger partial charge in [0.05, 0.1) is 12.2 Å². The fourth-order valence-corrected chi connectivity index (χ4v) is 5.14. The molecule has 1 aliphatic carbocycles. The van der Waals surface area contributed by atoms with Crippen LogP contribution in [0.4, 0.5) is 0 Å². The quantitative estimate of drug-likeness (QED) is 0.819. The van der Waals surface area contributed by atoms with Crippen LogP contribution in [0.3, 0.4) is 0 Å². The van der Waals surface area contributed by atoms with Gasteiger partial charge in [0.15, 0.2) is 0 Å². The number of fused-ring (bicyclic) bond motifs is 1. The lowest BCUT2D eigenvalue weighted by Gasteiger charge is -2.27. The average molecular weight is 375 g/mol. The zero-order valence-electron chi connectivity index (χ0n) is 15.3. The third-order valence-electron chi connectivity index (χ3n) is 5.42. The summed E-state index contributed by atoms with van der Waals surface area (Å²) in [5.41, 5.74) is 1.44. The molecule has 1 atom stereocenters.